The van der Waals surface area contributed by atoms with Gasteiger partial charge in [0.15, 0.2) is 0 Å². The highest BCUT2D eigenvalue weighted by Gasteiger charge is 2.07. The van der Waals surface area contributed by atoms with Crippen molar-refractivity contribution in [3.05, 3.63) is 95.4 Å². The molecule has 0 saturated carbocycles. The molecule has 0 unspecified atom stereocenters. The van der Waals surface area contributed by atoms with E-state index < -0.39 is 6.03 Å². The molecule has 6 nitrogen and oxygen atoms in total. The number of carbonyl (C=O) groups is 1. The Morgan fingerprint density at radius 3 is 2.41 bits per heavy atom. The van der Waals surface area contributed by atoms with Crippen LogP contribution in [0.2, 0.25) is 0 Å². The molecule has 2 amide bonds. The first-order valence-electron chi connectivity index (χ1n) is 8.83. The monoisotopic (exact) mass is 362 g/mol. The van der Waals surface area contributed by atoms with Crippen molar-refractivity contribution >= 4 is 6.03 Å². The van der Waals surface area contributed by atoms with Gasteiger partial charge in [-0.2, -0.15) is 0 Å². The topological polar surface area (TPSA) is 75.1 Å². The number of nitrogens with zero attached hydrogens (tertiary/aromatic N) is 2. The Morgan fingerprint density at radius 1 is 0.963 bits per heavy atom. The smallest absolute Gasteiger partial charge is 0.336 e. The highest BCUT2D eigenvalue weighted by Crippen LogP contribution is 2.17. The minimum absolute atomic E-state index is 0.409. The summed E-state index contributed by atoms with van der Waals surface area (Å²) in [5.74, 6) is 0. The van der Waals surface area contributed by atoms with Gasteiger partial charge in [0.25, 0.3) is 0 Å². The Morgan fingerprint density at radius 2 is 1.67 bits per heavy atom. The molecule has 1 aliphatic heterocycles. The summed E-state index contributed by atoms with van der Waals surface area (Å²) in [6.45, 7) is 0.981. The van der Waals surface area contributed by atoms with Crippen LogP contribution in [0.15, 0.2) is 94.6 Å². The second kappa shape index (κ2) is 9.91. The maximum Gasteiger partial charge on any atom is 0.336 e. The van der Waals surface area contributed by atoms with Gasteiger partial charge in [0.1, 0.15) is 18.6 Å². The quantitative estimate of drug-likeness (QED) is 0.570. The van der Waals surface area contributed by atoms with Gasteiger partial charge in [-0.15, -0.1) is 5.11 Å². The van der Waals surface area contributed by atoms with Crippen LogP contribution in [0.3, 0.4) is 0 Å². The summed E-state index contributed by atoms with van der Waals surface area (Å²) in [6, 6.07) is 19.5. The molecule has 0 bridgehead atoms. The largest absolute Gasteiger partial charge is 0.495 e. The molecule has 138 valence electrons. The molecule has 0 spiro atoms. The van der Waals surface area contributed by atoms with E-state index in [-0.39, 0.29) is 0 Å². The van der Waals surface area contributed by atoms with Crippen LogP contribution in [0.5, 0.6) is 0 Å². The molecule has 6 heteroatoms. The van der Waals surface area contributed by atoms with Crippen LogP contribution in [-0.4, -0.2) is 12.6 Å². The lowest BCUT2D eigenvalue weighted by Crippen LogP contribution is -2.31. The van der Waals surface area contributed by atoms with Gasteiger partial charge >= 0.3 is 6.03 Å². The van der Waals surface area contributed by atoms with Crippen molar-refractivity contribution in [2.45, 2.75) is 19.4 Å². The van der Waals surface area contributed by atoms with Crippen molar-refractivity contribution in [3.63, 3.8) is 0 Å². The van der Waals surface area contributed by atoms with Crippen molar-refractivity contribution < 1.29 is 9.53 Å². The van der Waals surface area contributed by atoms with Gasteiger partial charge in [-0.3, -0.25) is 0 Å². The summed E-state index contributed by atoms with van der Waals surface area (Å²) in [4.78, 5) is 11.7. The SMILES string of the molecule is O=C(NCc1ccccc1)NN=NC1=COCC(CCc2ccccc2)=C1. The van der Waals surface area contributed by atoms with Gasteiger partial charge in [0, 0.05) is 6.54 Å². The minimum Gasteiger partial charge on any atom is -0.495 e. The molecule has 0 radical (unpaired) electrons. The average Bonchev–Trinajstić information content (AvgIpc) is 2.73. The van der Waals surface area contributed by atoms with Gasteiger partial charge in [0.2, 0.25) is 0 Å². The molecular formula is C21H22N4O2. The van der Waals surface area contributed by atoms with Crippen molar-refractivity contribution in [2.24, 2.45) is 10.3 Å². The van der Waals surface area contributed by atoms with Gasteiger partial charge in [-0.1, -0.05) is 65.9 Å². The Bertz CT molecular complexity index is 830. The van der Waals surface area contributed by atoms with Crippen molar-refractivity contribution in [1.29, 1.82) is 0 Å². The molecule has 2 aromatic carbocycles. The van der Waals surface area contributed by atoms with E-state index in [2.05, 4.69) is 33.2 Å². The third-order valence-electron chi connectivity index (χ3n) is 4.02. The van der Waals surface area contributed by atoms with Crippen LogP contribution in [0, 0.1) is 0 Å². The first kappa shape index (κ1) is 18.4. The van der Waals surface area contributed by atoms with E-state index in [9.17, 15) is 4.79 Å². The Kier molecular flexibility index (Phi) is 6.75. The van der Waals surface area contributed by atoms with Gasteiger partial charge < -0.3 is 10.1 Å². The fourth-order valence-corrected chi connectivity index (χ4v) is 2.61. The molecular weight excluding hydrogens is 340 g/mol. The molecule has 1 aliphatic rings. The normalized spacial score (nSPS) is 13.5. The number of ether oxygens (including phenoxy) is 1. The van der Waals surface area contributed by atoms with E-state index in [0.717, 1.165) is 24.0 Å². The molecule has 0 aliphatic carbocycles. The first-order chi connectivity index (χ1) is 13.3. The zero-order valence-corrected chi connectivity index (χ0v) is 15.0. The first-order valence-corrected chi connectivity index (χ1v) is 8.83. The van der Waals surface area contributed by atoms with Crippen LogP contribution < -0.4 is 10.7 Å². The highest BCUT2D eigenvalue weighted by atomic mass is 16.5. The average molecular weight is 362 g/mol. The van der Waals surface area contributed by atoms with Gasteiger partial charge in [0.05, 0.1) is 0 Å². The molecule has 27 heavy (non-hydrogen) atoms. The van der Waals surface area contributed by atoms with E-state index in [1.54, 1.807) is 6.26 Å². The lowest BCUT2D eigenvalue weighted by Gasteiger charge is -2.12. The number of amides is 2. The molecule has 0 saturated heterocycles. The summed E-state index contributed by atoms with van der Waals surface area (Å²) in [5, 5.41) is 10.4. The Balaban J connectivity index is 1.43. The summed E-state index contributed by atoms with van der Waals surface area (Å²) in [5.41, 5.74) is 6.37. The Labute approximate surface area is 158 Å². The van der Waals surface area contributed by atoms with Gasteiger partial charge in [-0.25, -0.2) is 10.2 Å². The number of aryl methyl sites for hydroxylation is 1. The molecule has 2 aromatic rings. The van der Waals surface area contributed by atoms with E-state index in [4.69, 9.17) is 4.74 Å². The van der Waals surface area contributed by atoms with E-state index in [0.29, 0.717) is 18.8 Å². The molecule has 0 aromatic heterocycles. The maximum atomic E-state index is 11.7. The van der Waals surface area contributed by atoms with E-state index in [1.165, 1.54) is 5.56 Å². The maximum absolute atomic E-state index is 11.7. The lowest BCUT2D eigenvalue weighted by molar-refractivity contribution is 0.240. The number of hydrogen-bond donors (Lipinski definition) is 2. The van der Waals surface area contributed by atoms with E-state index >= 15 is 0 Å². The zero-order chi connectivity index (χ0) is 18.7. The third-order valence-corrected chi connectivity index (χ3v) is 4.02. The predicted molar refractivity (Wildman–Crippen MR) is 104 cm³/mol. The fourth-order valence-electron chi connectivity index (χ4n) is 2.61. The number of urea groups is 1. The zero-order valence-electron chi connectivity index (χ0n) is 15.0. The summed E-state index contributed by atoms with van der Waals surface area (Å²) < 4.78 is 5.43. The van der Waals surface area contributed by atoms with Crippen molar-refractivity contribution in [1.82, 2.24) is 10.7 Å². The summed E-state index contributed by atoms with van der Waals surface area (Å²) in [7, 11) is 0. The predicted octanol–water partition coefficient (Wildman–Crippen LogP) is 4.28. The fraction of sp³-hybridized carbons (Fsp3) is 0.190. The second-order valence-electron chi connectivity index (χ2n) is 6.12. The lowest BCUT2D eigenvalue weighted by atomic mass is 10.0. The highest BCUT2D eigenvalue weighted by molar-refractivity contribution is 5.73. The summed E-state index contributed by atoms with van der Waals surface area (Å²) in [6.07, 6.45) is 5.32. The number of hydrogen-bond acceptors (Lipinski definition) is 4. The Hall–Kier alpha value is -3.41. The number of carbonyl (C=O) groups excluding carboxylic acids is 1. The number of nitrogens with one attached hydrogen (secondary N) is 2. The second-order valence-corrected chi connectivity index (χ2v) is 6.12. The summed E-state index contributed by atoms with van der Waals surface area (Å²) >= 11 is 0. The van der Waals surface area contributed by atoms with Crippen LogP contribution in [0.25, 0.3) is 0 Å². The number of rotatable bonds is 7. The molecule has 0 fully saturated rings. The van der Waals surface area contributed by atoms with Crippen molar-refractivity contribution in [3.8, 4) is 0 Å². The number of allylic oxidation sites excluding steroid dienone is 1. The van der Waals surface area contributed by atoms with Crippen LogP contribution in [0.1, 0.15) is 17.5 Å². The van der Waals surface area contributed by atoms with Crippen LogP contribution in [-0.2, 0) is 17.7 Å². The molecule has 1 heterocycles. The molecule has 0 atom stereocenters. The van der Waals surface area contributed by atoms with Gasteiger partial charge in [-0.05, 0) is 35.6 Å². The standard InChI is InChI=1S/C21H22N4O2/c26-21(22-14-18-9-5-2-6-10-18)24-25-23-20-13-19(15-27-16-20)12-11-17-7-3-1-4-8-17/h1-10,13,16H,11-12,14-15H2,(H2,22,23,24,26). The molecule has 3 rings (SSSR count). The van der Waals surface area contributed by atoms with Crippen LogP contribution >= 0.6 is 0 Å². The third kappa shape index (κ3) is 6.43. The molecule has 2 N–H and O–H groups in total. The number of benzene rings is 2. The van der Waals surface area contributed by atoms with E-state index in [1.807, 2.05) is 54.6 Å². The van der Waals surface area contributed by atoms with Crippen molar-refractivity contribution in [2.75, 3.05) is 6.61 Å². The minimum atomic E-state index is -0.409. The van der Waals surface area contributed by atoms with Crippen LogP contribution in [0.4, 0.5) is 4.79 Å².